The van der Waals surface area contributed by atoms with Gasteiger partial charge in [0.2, 0.25) is 0 Å². The van der Waals surface area contributed by atoms with Crippen LogP contribution >= 0.6 is 47.8 Å². The zero-order valence-corrected chi connectivity index (χ0v) is 71.2. The number of aliphatic hydroxyl groups excluding tert-OH is 2. The maximum absolute atomic E-state index is 12.1. The largest absolute Gasteiger partial charge is 0.496 e. The van der Waals surface area contributed by atoms with Crippen LogP contribution in [-0.4, -0.2) is 180 Å². The minimum Gasteiger partial charge on any atom is -0.441 e. The number of aryl methyl sites for hydroxylation is 3. The fourth-order valence-corrected chi connectivity index (χ4v) is 13.1. The summed E-state index contributed by atoms with van der Waals surface area (Å²) in [5.74, 6) is 7.98. The Bertz CT molecular complexity index is 4870. The van der Waals surface area contributed by atoms with Crippen molar-refractivity contribution in [2.24, 2.45) is 5.11 Å². The van der Waals surface area contributed by atoms with E-state index in [1.54, 1.807) is 54.6 Å². The van der Waals surface area contributed by atoms with E-state index in [2.05, 4.69) is 127 Å². The zero-order chi connectivity index (χ0) is 81.7. The fourth-order valence-electron chi connectivity index (χ4n) is 12.2. The van der Waals surface area contributed by atoms with Crippen molar-refractivity contribution < 1.29 is 57.2 Å². The van der Waals surface area contributed by atoms with Gasteiger partial charge in [0, 0.05) is 54.1 Å². The van der Waals surface area contributed by atoms with E-state index in [4.69, 9.17) is 48.0 Å². The summed E-state index contributed by atoms with van der Waals surface area (Å²) in [5.41, 5.74) is 18.4. The number of carbonyl (C=O) groups is 2. The van der Waals surface area contributed by atoms with Gasteiger partial charge in [-0.1, -0.05) is 51.1 Å². The molecule has 596 valence electrons. The summed E-state index contributed by atoms with van der Waals surface area (Å²) in [7, 11) is -1.35. The van der Waals surface area contributed by atoms with Gasteiger partial charge in [-0.2, -0.15) is 14.0 Å². The molecule has 5 saturated heterocycles. The highest BCUT2D eigenvalue weighted by Gasteiger charge is 2.64. The van der Waals surface area contributed by atoms with Gasteiger partial charge >= 0.3 is 33.3 Å². The molecule has 0 unspecified atom stereocenters. The molecule has 7 aliphatic heterocycles. The van der Waals surface area contributed by atoms with Crippen LogP contribution in [0.2, 0.25) is 0 Å². The summed E-state index contributed by atoms with van der Waals surface area (Å²) >= 11 is 9.94. The van der Waals surface area contributed by atoms with Crippen molar-refractivity contribution in [1.82, 2.24) is 64.9 Å². The molecule has 0 radical (unpaired) electrons. The number of amides is 2. The van der Waals surface area contributed by atoms with E-state index in [9.17, 15) is 14.7 Å². The second-order valence-electron chi connectivity index (χ2n) is 30.2. The molecule has 4 atom stereocenters. The quantitative estimate of drug-likeness (QED) is 0.0445. The van der Waals surface area contributed by atoms with Crippen molar-refractivity contribution in [3.8, 4) is 40.4 Å². The number of hydrogen-bond acceptors (Lipinski definition) is 23. The van der Waals surface area contributed by atoms with Crippen LogP contribution in [0.5, 0.6) is 0 Å². The molecule has 0 aliphatic carbocycles. The van der Waals surface area contributed by atoms with Gasteiger partial charge in [0.1, 0.15) is 18.0 Å². The zero-order valence-electron chi connectivity index (χ0n) is 66.4. The molecule has 9 aromatic rings. The first-order valence-corrected chi connectivity index (χ1v) is 38.6. The number of nitrogens with zero attached hydrogens (tertiary/aromatic N) is 18. The lowest BCUT2D eigenvalue weighted by Gasteiger charge is -2.32. The van der Waals surface area contributed by atoms with Gasteiger partial charge in [-0.3, -0.25) is 14.8 Å². The van der Waals surface area contributed by atoms with E-state index in [-0.39, 0.29) is 78.5 Å². The lowest BCUT2D eigenvalue weighted by atomic mass is 9.49. The smallest absolute Gasteiger partial charge is 0.441 e. The number of azide groups is 1. The number of aromatic nitrogens is 13. The number of fused-ring (bicyclic) bond motifs is 6. The molecule has 2 amide bonds. The lowest BCUT2D eigenvalue weighted by Crippen LogP contribution is -2.41. The third-order valence-electron chi connectivity index (χ3n) is 21.3. The van der Waals surface area contributed by atoms with Crippen LogP contribution in [0, 0.1) is 53.4 Å². The highest BCUT2D eigenvalue weighted by atomic mass is 79.9. The molecule has 0 saturated carbocycles. The van der Waals surface area contributed by atoms with E-state index in [1.165, 1.54) is 0 Å². The molecule has 0 spiro atoms. The van der Waals surface area contributed by atoms with E-state index >= 15 is 0 Å². The predicted octanol–water partition coefficient (Wildman–Crippen LogP) is 14.2. The summed E-state index contributed by atoms with van der Waals surface area (Å²) in [6.07, 6.45) is 6.69. The van der Waals surface area contributed by atoms with Crippen molar-refractivity contribution in [2.75, 3.05) is 23.0 Å². The van der Waals surface area contributed by atoms with Crippen LogP contribution in [0.3, 0.4) is 0 Å². The van der Waals surface area contributed by atoms with Gasteiger partial charge in [-0.25, -0.2) is 24.5 Å². The molecule has 113 heavy (non-hydrogen) atoms. The average Bonchev–Trinajstić information content (AvgIpc) is 1.59. The summed E-state index contributed by atoms with van der Waals surface area (Å²) in [6.45, 7) is 39.4. The molecule has 16 rings (SSSR count). The Hall–Kier alpha value is -8.82. The summed E-state index contributed by atoms with van der Waals surface area (Å²) < 4.78 is 54.2. The maximum atomic E-state index is 12.1. The highest BCUT2D eigenvalue weighted by Crippen LogP contribution is 2.45. The number of anilines is 2. The lowest BCUT2D eigenvalue weighted by molar-refractivity contribution is 0.00578. The third kappa shape index (κ3) is 19.4. The molecular weight excluding hydrogens is 1640 g/mol. The molecule has 7 aliphatic rings. The van der Waals surface area contributed by atoms with Crippen LogP contribution in [0.4, 0.5) is 26.8 Å². The van der Waals surface area contributed by atoms with Crippen molar-refractivity contribution in [2.45, 2.75) is 217 Å². The third-order valence-corrected chi connectivity index (χ3v) is 22.7. The standard InChI is InChI=1S/C20H19N5O3.C15H21BN4O2.C12H24B2O4.C11H10BrNO3.C9H9BrN4.C5H3BrN4.C4H6.CH4/c1-11-12(2)25(23-22-11)19-6-4-14(9-21-19)13-3-5-16-15(7-13)8-17-18(10-26)28-20(27)24(16)17;1-10-11(2)20(19-18-10)13-8-7-12(9-17-13)16-21-14(3,4)15(5,6)22-16;1-9(2)10(3,4)16-13(15-9)14-17-11(5,6)12(7,8)18-14;12-7-1-2-8-6(3-7)4-9-10(5-14)16-11(15)13(8)9;1-6-7(2)14(13-12-6)9-4-3-8(10)5-11-9;6-4-1-2-5(8-3-4)9-10-7;1-3-4-2;/h3-7,9,17-18,26H,8,10H2,1-2H3;7-9H,1-6H3;1-8H3;1-3,9-10,14H,4-5H2;3-5H,1-2H3;1-3H;1-2H3;1H4/t17-,18-;;;9-,10-;;;;/m0..0..../s1. The monoisotopic (exact) mass is 1730 g/mol. The number of aliphatic hydroxyl groups is 2. The molecule has 2 aromatic carbocycles. The second kappa shape index (κ2) is 35.9. The second-order valence-corrected chi connectivity index (χ2v) is 32.9. The van der Waals surface area contributed by atoms with Gasteiger partial charge in [0.15, 0.2) is 17.5 Å². The van der Waals surface area contributed by atoms with Crippen LogP contribution in [0.25, 0.3) is 39.0 Å². The van der Waals surface area contributed by atoms with Gasteiger partial charge in [0.25, 0.3) is 0 Å². The average molecular weight is 1740 g/mol. The number of cyclic esters (lactones) is 2. The van der Waals surface area contributed by atoms with Gasteiger partial charge < -0.3 is 47.6 Å². The van der Waals surface area contributed by atoms with Crippen LogP contribution in [-0.2, 0) is 50.2 Å². The number of pyridine rings is 4. The van der Waals surface area contributed by atoms with Crippen LogP contribution in [0.15, 0.2) is 128 Å². The molecular formula is C77H96B3Br3N18O12. The van der Waals surface area contributed by atoms with E-state index in [0.717, 1.165) is 111 Å². The minimum absolute atomic E-state index is 0. The summed E-state index contributed by atoms with van der Waals surface area (Å²) in [5, 5.41) is 46.2. The Balaban J connectivity index is 0.000000158. The predicted molar refractivity (Wildman–Crippen MR) is 442 cm³/mol. The Labute approximate surface area is 685 Å². The van der Waals surface area contributed by atoms with Crippen molar-refractivity contribution in [1.29, 1.82) is 0 Å². The maximum Gasteiger partial charge on any atom is 0.496 e. The number of carbonyl (C=O) groups excluding carboxylic acids is 2. The first-order chi connectivity index (χ1) is 52.8. The first-order valence-electron chi connectivity index (χ1n) is 36.2. The van der Waals surface area contributed by atoms with Gasteiger partial charge in [-0.15, -0.1) is 27.1 Å². The minimum atomic E-state index is -0.476. The first kappa shape index (κ1) is 88.1. The van der Waals surface area contributed by atoms with Crippen LogP contribution < -0.4 is 15.3 Å². The molecule has 2 N–H and O–H groups in total. The molecule has 0 bridgehead atoms. The van der Waals surface area contributed by atoms with E-state index in [0.29, 0.717) is 12.2 Å². The molecule has 5 fully saturated rings. The summed E-state index contributed by atoms with van der Waals surface area (Å²) in [6, 6.07) is 26.6. The number of halogens is 3. The number of benzene rings is 2. The van der Waals surface area contributed by atoms with Gasteiger partial charge in [0.05, 0.1) is 104 Å². The molecule has 7 aromatic heterocycles. The van der Waals surface area contributed by atoms with Gasteiger partial charge in [-0.05, 0) is 283 Å². The Morgan fingerprint density at radius 1 is 0.496 bits per heavy atom. The molecule has 36 heteroatoms. The fraction of sp³-hybridized carbons (Fsp3) is 0.455. The van der Waals surface area contributed by atoms with Crippen molar-refractivity contribution in [3.63, 3.8) is 0 Å². The van der Waals surface area contributed by atoms with E-state index in [1.807, 2.05) is 211 Å². The topological polar surface area (TPSA) is 347 Å². The number of ether oxygens (including phenoxy) is 2. The molecule has 14 heterocycles. The number of rotatable bonds is 9. The van der Waals surface area contributed by atoms with Crippen molar-refractivity contribution >= 4 is 104 Å². The Morgan fingerprint density at radius 3 is 1.22 bits per heavy atom. The number of hydrogen-bond donors (Lipinski definition) is 2. The Morgan fingerprint density at radius 2 is 0.867 bits per heavy atom. The van der Waals surface area contributed by atoms with Crippen LogP contribution in [0.1, 0.15) is 150 Å². The highest BCUT2D eigenvalue weighted by molar-refractivity contribution is 9.11. The molecule has 30 nitrogen and oxygen atoms in total. The normalized spacial score (nSPS) is 19.9. The van der Waals surface area contributed by atoms with E-state index < -0.39 is 33.3 Å². The Kier molecular flexibility index (Phi) is 28.0. The SMILES string of the molecule is C.CC#CC.CC1(C)OB(B2OC(C)(C)C(C)(C)O2)OC1(C)C.Cc1nnn(-c2ccc(-c3ccc4c(c3)C[C@H]3[C@H](CO)OC(=O)N43)cn2)c1C.Cc1nnn(-c2ccc(B3OC(C)(C)C(C)(C)O3)cn2)c1C.Cc1nnn(-c2ccc(Br)cn2)c1C.O=C1O[C@@H](CO)[C@@H]2Cc3cc(Br)ccc3N12.[N-]=[N+]=Nc1ccc(Br)cn1. The summed E-state index contributed by atoms with van der Waals surface area (Å²) in [4.78, 5) is 46.7. The van der Waals surface area contributed by atoms with Crippen molar-refractivity contribution in [3.05, 3.63) is 179 Å².